The fourth-order valence-electron chi connectivity index (χ4n) is 3.73. The summed E-state index contributed by atoms with van der Waals surface area (Å²) in [7, 11) is 0. The van der Waals surface area contributed by atoms with E-state index in [1.807, 2.05) is 0 Å². The summed E-state index contributed by atoms with van der Waals surface area (Å²) < 4.78 is 0. The van der Waals surface area contributed by atoms with E-state index in [9.17, 15) is 14.4 Å². The zero-order chi connectivity index (χ0) is 17.9. The van der Waals surface area contributed by atoms with Gasteiger partial charge in [-0.25, -0.2) is 0 Å². The standard InChI is InChI=1S/C19H33N3O3/c23-16-21-12-14-22(15-13-21)19(25)18(24)20-17-10-8-6-4-2-1-3-5-7-9-11-17/h16-17H,1-15H2,(H,20,24). The van der Waals surface area contributed by atoms with Crippen molar-refractivity contribution in [2.75, 3.05) is 26.2 Å². The highest BCUT2D eigenvalue weighted by atomic mass is 16.2. The zero-order valence-electron chi connectivity index (χ0n) is 15.4. The van der Waals surface area contributed by atoms with Crippen LogP contribution in [0, 0.1) is 0 Å². The quantitative estimate of drug-likeness (QED) is 0.612. The molecular weight excluding hydrogens is 318 g/mol. The SMILES string of the molecule is O=CN1CCN(C(=O)C(=O)NC2CCCCCCCCCCC2)CC1. The van der Waals surface area contributed by atoms with Crippen LogP contribution in [0.15, 0.2) is 0 Å². The van der Waals surface area contributed by atoms with Gasteiger partial charge in [-0.3, -0.25) is 14.4 Å². The first-order valence-electron chi connectivity index (χ1n) is 10.00. The number of amides is 3. The van der Waals surface area contributed by atoms with Crippen molar-refractivity contribution >= 4 is 18.2 Å². The summed E-state index contributed by atoms with van der Waals surface area (Å²) >= 11 is 0. The first-order valence-corrected chi connectivity index (χ1v) is 10.00. The molecule has 142 valence electrons. The minimum atomic E-state index is -0.475. The van der Waals surface area contributed by atoms with Crippen LogP contribution >= 0.6 is 0 Å². The predicted octanol–water partition coefficient (Wildman–Crippen LogP) is 2.08. The molecule has 2 rings (SSSR count). The Morgan fingerprint density at radius 1 is 0.760 bits per heavy atom. The number of piperazine rings is 1. The summed E-state index contributed by atoms with van der Waals surface area (Å²) in [5, 5.41) is 2.98. The molecular formula is C19H33N3O3. The minimum Gasteiger partial charge on any atom is -0.345 e. The maximum absolute atomic E-state index is 12.4. The fraction of sp³-hybridized carbons (Fsp3) is 0.842. The molecule has 1 aliphatic heterocycles. The number of carbonyl (C=O) groups excluding carboxylic acids is 3. The van der Waals surface area contributed by atoms with E-state index in [1.54, 1.807) is 9.80 Å². The van der Waals surface area contributed by atoms with Gasteiger partial charge in [0, 0.05) is 32.2 Å². The van der Waals surface area contributed by atoms with E-state index < -0.39 is 11.8 Å². The summed E-state index contributed by atoms with van der Waals surface area (Å²) in [5.41, 5.74) is 0. The van der Waals surface area contributed by atoms with Gasteiger partial charge < -0.3 is 15.1 Å². The average Bonchev–Trinajstić information content (AvgIpc) is 2.63. The molecule has 3 amide bonds. The van der Waals surface area contributed by atoms with Crippen molar-refractivity contribution in [3.05, 3.63) is 0 Å². The van der Waals surface area contributed by atoms with Crippen LogP contribution in [0.5, 0.6) is 0 Å². The molecule has 0 bridgehead atoms. The second kappa shape index (κ2) is 11.1. The number of hydrogen-bond acceptors (Lipinski definition) is 3. The highest BCUT2D eigenvalue weighted by molar-refractivity contribution is 6.35. The Morgan fingerprint density at radius 3 is 1.72 bits per heavy atom. The van der Waals surface area contributed by atoms with E-state index in [0.717, 1.165) is 32.1 Å². The van der Waals surface area contributed by atoms with E-state index in [0.29, 0.717) is 26.2 Å². The molecule has 2 aliphatic rings. The monoisotopic (exact) mass is 351 g/mol. The third kappa shape index (κ3) is 7.04. The van der Waals surface area contributed by atoms with E-state index >= 15 is 0 Å². The minimum absolute atomic E-state index is 0.118. The van der Waals surface area contributed by atoms with Crippen LogP contribution in [0.3, 0.4) is 0 Å². The second-order valence-corrected chi connectivity index (χ2v) is 7.36. The summed E-state index contributed by atoms with van der Waals surface area (Å²) in [6, 6.07) is 0.118. The van der Waals surface area contributed by atoms with Crippen molar-refractivity contribution in [3.63, 3.8) is 0 Å². The van der Waals surface area contributed by atoms with Crippen LogP contribution in [0.2, 0.25) is 0 Å². The van der Waals surface area contributed by atoms with Gasteiger partial charge in [0.25, 0.3) is 0 Å². The van der Waals surface area contributed by atoms with Crippen molar-refractivity contribution in [3.8, 4) is 0 Å². The Balaban J connectivity index is 1.79. The molecule has 1 saturated carbocycles. The molecule has 0 radical (unpaired) electrons. The van der Waals surface area contributed by atoms with E-state index in [1.165, 1.54) is 44.9 Å². The lowest BCUT2D eigenvalue weighted by atomic mass is 9.98. The topological polar surface area (TPSA) is 69.7 Å². The molecule has 0 aromatic carbocycles. The lowest BCUT2D eigenvalue weighted by Crippen LogP contribution is -2.53. The third-order valence-electron chi connectivity index (χ3n) is 5.39. The molecule has 0 spiro atoms. The van der Waals surface area contributed by atoms with Gasteiger partial charge in [0.2, 0.25) is 6.41 Å². The molecule has 1 saturated heterocycles. The van der Waals surface area contributed by atoms with Crippen molar-refractivity contribution in [1.82, 2.24) is 15.1 Å². The van der Waals surface area contributed by atoms with Crippen molar-refractivity contribution in [2.24, 2.45) is 0 Å². The highest BCUT2D eigenvalue weighted by Crippen LogP contribution is 2.17. The molecule has 0 aromatic heterocycles. The highest BCUT2D eigenvalue weighted by Gasteiger charge is 2.26. The van der Waals surface area contributed by atoms with Gasteiger partial charge >= 0.3 is 11.8 Å². The normalized spacial score (nSPS) is 21.8. The Kier molecular flexibility index (Phi) is 8.77. The molecule has 1 aliphatic carbocycles. The van der Waals surface area contributed by atoms with Crippen LogP contribution < -0.4 is 5.32 Å². The molecule has 1 N–H and O–H groups in total. The van der Waals surface area contributed by atoms with E-state index in [-0.39, 0.29) is 6.04 Å². The number of rotatable bonds is 2. The first kappa shape index (κ1) is 19.7. The van der Waals surface area contributed by atoms with Gasteiger partial charge in [0.1, 0.15) is 0 Å². The summed E-state index contributed by atoms with van der Waals surface area (Å²) in [5.74, 6) is -0.923. The van der Waals surface area contributed by atoms with E-state index in [4.69, 9.17) is 0 Å². The second-order valence-electron chi connectivity index (χ2n) is 7.36. The van der Waals surface area contributed by atoms with Gasteiger partial charge in [0.15, 0.2) is 0 Å². The fourth-order valence-corrected chi connectivity index (χ4v) is 3.73. The van der Waals surface area contributed by atoms with Crippen LogP contribution in [0.1, 0.15) is 70.6 Å². The van der Waals surface area contributed by atoms with Crippen LogP contribution in [-0.2, 0) is 14.4 Å². The molecule has 0 atom stereocenters. The van der Waals surface area contributed by atoms with Crippen LogP contribution in [0.4, 0.5) is 0 Å². The number of hydrogen-bond donors (Lipinski definition) is 1. The van der Waals surface area contributed by atoms with Gasteiger partial charge in [0.05, 0.1) is 0 Å². The molecule has 0 unspecified atom stereocenters. The smallest absolute Gasteiger partial charge is 0.312 e. The molecule has 25 heavy (non-hydrogen) atoms. The van der Waals surface area contributed by atoms with Gasteiger partial charge in [-0.1, -0.05) is 57.8 Å². The Hall–Kier alpha value is -1.59. The Morgan fingerprint density at radius 2 is 1.24 bits per heavy atom. The van der Waals surface area contributed by atoms with Crippen molar-refractivity contribution in [2.45, 2.75) is 76.7 Å². The molecule has 1 heterocycles. The predicted molar refractivity (Wildman–Crippen MR) is 96.9 cm³/mol. The van der Waals surface area contributed by atoms with Crippen LogP contribution in [-0.4, -0.2) is 60.2 Å². The summed E-state index contributed by atoms with van der Waals surface area (Å²) in [4.78, 5) is 38.6. The van der Waals surface area contributed by atoms with Gasteiger partial charge in [-0.2, -0.15) is 0 Å². The van der Waals surface area contributed by atoms with E-state index in [2.05, 4.69) is 5.32 Å². The third-order valence-corrected chi connectivity index (χ3v) is 5.39. The zero-order valence-corrected chi connectivity index (χ0v) is 15.4. The molecule has 2 fully saturated rings. The Labute approximate surface area is 151 Å². The van der Waals surface area contributed by atoms with Gasteiger partial charge in [-0.05, 0) is 12.8 Å². The molecule has 0 aromatic rings. The number of carbonyl (C=O) groups is 3. The summed E-state index contributed by atoms with van der Waals surface area (Å²) in [6.45, 7) is 1.89. The van der Waals surface area contributed by atoms with Gasteiger partial charge in [-0.15, -0.1) is 0 Å². The number of nitrogens with one attached hydrogen (secondary N) is 1. The average molecular weight is 351 g/mol. The van der Waals surface area contributed by atoms with Crippen molar-refractivity contribution in [1.29, 1.82) is 0 Å². The van der Waals surface area contributed by atoms with Crippen LogP contribution in [0.25, 0.3) is 0 Å². The lowest BCUT2D eigenvalue weighted by molar-refractivity contribution is -0.147. The molecule has 6 heteroatoms. The maximum atomic E-state index is 12.4. The first-order chi connectivity index (χ1) is 12.2. The summed E-state index contributed by atoms with van der Waals surface area (Å²) in [6.07, 6.45) is 14.0. The number of nitrogens with zero attached hydrogens (tertiary/aromatic N) is 2. The lowest BCUT2D eigenvalue weighted by Gasteiger charge is -2.32. The Bertz CT molecular complexity index is 422. The molecule has 6 nitrogen and oxygen atoms in total. The largest absolute Gasteiger partial charge is 0.345 e. The maximum Gasteiger partial charge on any atom is 0.312 e. The van der Waals surface area contributed by atoms with Crippen molar-refractivity contribution < 1.29 is 14.4 Å².